The molecule has 2 fully saturated rings. The minimum absolute atomic E-state index is 0. The molecule has 0 aliphatic carbocycles. The molecule has 14 heteroatoms. The monoisotopic (exact) mass is 758 g/mol. The van der Waals surface area contributed by atoms with E-state index in [2.05, 4.69) is 26.8 Å². The van der Waals surface area contributed by atoms with Gasteiger partial charge in [-0.1, -0.05) is 34.3 Å². The summed E-state index contributed by atoms with van der Waals surface area (Å²) in [5.74, 6) is -0.502. The van der Waals surface area contributed by atoms with Gasteiger partial charge in [-0.25, -0.2) is 13.8 Å². The van der Waals surface area contributed by atoms with E-state index in [1.54, 1.807) is 19.1 Å². The number of pyridine rings is 1. The fraction of sp³-hybridized carbons (Fsp3) is 0.525. The Hall–Kier alpha value is -4.30. The van der Waals surface area contributed by atoms with Crippen molar-refractivity contribution in [3.63, 3.8) is 0 Å². The number of phenols is 1. The van der Waals surface area contributed by atoms with Gasteiger partial charge in [0.1, 0.15) is 41.8 Å². The number of hydrogen-bond donors (Lipinski definition) is 2. The zero-order chi connectivity index (χ0) is 38.1. The van der Waals surface area contributed by atoms with Gasteiger partial charge in [-0.15, -0.1) is 0 Å². The number of aromatic nitrogens is 3. The smallest absolute Gasteiger partial charge is 0.411 e. The molecule has 294 valence electrons. The topological polar surface area (TPSA) is 95.9 Å². The normalized spacial score (nSPS) is 19.8. The minimum Gasteiger partial charge on any atom is -0.508 e. The van der Waals surface area contributed by atoms with E-state index in [-0.39, 0.29) is 48.0 Å². The fourth-order valence-corrected chi connectivity index (χ4v) is 8.34. The number of anilines is 1. The maximum Gasteiger partial charge on any atom is 0.411 e. The number of benzene rings is 2. The summed E-state index contributed by atoms with van der Waals surface area (Å²) in [7, 11) is 1.01. The first-order valence-corrected chi connectivity index (χ1v) is 18.4. The van der Waals surface area contributed by atoms with Gasteiger partial charge in [-0.2, -0.15) is 23.1 Å². The second kappa shape index (κ2) is 16.6. The lowest BCUT2D eigenvalue weighted by Gasteiger charge is -2.38. The van der Waals surface area contributed by atoms with Crippen LogP contribution in [0.25, 0.3) is 32.9 Å². The largest absolute Gasteiger partial charge is 0.508 e. The molecule has 0 spiro atoms. The summed E-state index contributed by atoms with van der Waals surface area (Å²) in [6, 6.07) is 6.38. The Balaban J connectivity index is 0.000000507. The summed E-state index contributed by atoms with van der Waals surface area (Å²) in [6.07, 6.45) is 6.40. The van der Waals surface area contributed by atoms with E-state index in [0.717, 1.165) is 58.7 Å². The molecule has 2 N–H and O–H groups in total. The lowest BCUT2D eigenvalue weighted by Crippen LogP contribution is -2.50. The summed E-state index contributed by atoms with van der Waals surface area (Å²) in [4.78, 5) is 19.2. The van der Waals surface area contributed by atoms with Crippen molar-refractivity contribution < 1.29 is 36.5 Å². The fourth-order valence-electron chi connectivity index (χ4n) is 8.34. The number of nitrogens with zero attached hydrogens (tertiary/aromatic N) is 5. The van der Waals surface area contributed by atoms with E-state index in [4.69, 9.17) is 19.7 Å². The third-order valence-electron chi connectivity index (χ3n) is 10.7. The van der Waals surface area contributed by atoms with Gasteiger partial charge in [0.15, 0.2) is 5.82 Å². The van der Waals surface area contributed by atoms with Crippen LogP contribution < -0.4 is 15.0 Å². The van der Waals surface area contributed by atoms with E-state index in [1.807, 2.05) is 26.2 Å². The van der Waals surface area contributed by atoms with Crippen LogP contribution >= 0.6 is 0 Å². The molecular formula is C40H51F5N6O3. The lowest BCUT2D eigenvalue weighted by molar-refractivity contribution is -0.167. The second-order valence-electron chi connectivity index (χ2n) is 13.8. The number of phenolic OH excluding ortho intramolecular Hbond substituents is 1. The van der Waals surface area contributed by atoms with E-state index in [1.165, 1.54) is 12.1 Å². The van der Waals surface area contributed by atoms with Gasteiger partial charge in [0.25, 0.3) is 0 Å². The van der Waals surface area contributed by atoms with Crippen LogP contribution in [0.4, 0.5) is 27.8 Å². The predicted molar refractivity (Wildman–Crippen MR) is 202 cm³/mol. The number of rotatable bonds is 6. The molecule has 54 heavy (non-hydrogen) atoms. The van der Waals surface area contributed by atoms with Crippen LogP contribution in [0.15, 0.2) is 36.7 Å². The summed E-state index contributed by atoms with van der Waals surface area (Å²) in [6.45, 7) is 9.25. The van der Waals surface area contributed by atoms with Gasteiger partial charge in [-0.05, 0) is 99.5 Å². The van der Waals surface area contributed by atoms with E-state index < -0.39 is 24.4 Å². The maximum atomic E-state index is 17.0. The van der Waals surface area contributed by atoms with Crippen molar-refractivity contribution in [1.82, 2.24) is 25.2 Å². The summed E-state index contributed by atoms with van der Waals surface area (Å²) < 4.78 is 74.8. The number of halogens is 5. The molecular weight excluding hydrogens is 707 g/mol. The van der Waals surface area contributed by atoms with Gasteiger partial charge in [0.05, 0.1) is 22.7 Å². The molecule has 9 nitrogen and oxygen atoms in total. The van der Waals surface area contributed by atoms with Crippen molar-refractivity contribution in [1.29, 1.82) is 0 Å². The van der Waals surface area contributed by atoms with E-state index >= 15 is 4.39 Å². The summed E-state index contributed by atoms with van der Waals surface area (Å²) in [5.41, 5.74) is 1.52. The number of aromatic hydroxyl groups is 1. The summed E-state index contributed by atoms with van der Waals surface area (Å²) in [5, 5.41) is 15.8. The van der Waals surface area contributed by atoms with Crippen LogP contribution in [0.3, 0.4) is 0 Å². The van der Waals surface area contributed by atoms with Crippen molar-refractivity contribution in [3.05, 3.63) is 59.6 Å². The zero-order valence-corrected chi connectivity index (χ0v) is 30.8. The third-order valence-corrected chi connectivity index (χ3v) is 10.7. The van der Waals surface area contributed by atoms with Gasteiger partial charge >= 0.3 is 12.2 Å². The van der Waals surface area contributed by atoms with E-state index in [9.17, 15) is 22.7 Å². The number of nitrogens with one attached hydrogen (secondary N) is 1. The molecule has 2 atom stereocenters. The number of methoxy groups -OCH3 is 1. The number of hydrogen-bond acceptors (Lipinski definition) is 9. The highest BCUT2D eigenvalue weighted by Crippen LogP contribution is 2.43. The number of fused-ring (bicyclic) bond motifs is 4. The van der Waals surface area contributed by atoms with Crippen LogP contribution in [0.5, 0.6) is 11.8 Å². The first-order chi connectivity index (χ1) is 25.4. The molecule has 4 aromatic rings. The molecule has 2 saturated heterocycles. The number of aryl methyl sites for hydroxylation is 2. The van der Waals surface area contributed by atoms with Crippen molar-refractivity contribution >= 4 is 27.5 Å². The molecule has 0 radical (unpaired) electrons. The molecule has 0 saturated carbocycles. The highest BCUT2D eigenvalue weighted by molar-refractivity contribution is 6.02. The van der Waals surface area contributed by atoms with Gasteiger partial charge in [-0.3, -0.25) is 4.90 Å². The molecule has 4 aliphatic heterocycles. The Kier molecular flexibility index (Phi) is 12.6. The van der Waals surface area contributed by atoms with Crippen LogP contribution in [-0.4, -0.2) is 82.2 Å². The predicted octanol–water partition coefficient (Wildman–Crippen LogP) is 8.98. The first kappa shape index (κ1) is 40.9. The van der Waals surface area contributed by atoms with Gasteiger partial charge in [0, 0.05) is 31.1 Å². The molecule has 8 rings (SSSR count). The molecule has 0 bridgehead atoms. The molecule has 2 aromatic heterocycles. The Labute approximate surface area is 313 Å². The Morgan fingerprint density at radius 1 is 1.04 bits per heavy atom. The highest BCUT2D eigenvalue weighted by Gasteiger charge is 2.45. The van der Waals surface area contributed by atoms with Crippen LogP contribution in [0.1, 0.15) is 78.0 Å². The minimum atomic E-state index is -4.17. The average molecular weight is 759 g/mol. The third kappa shape index (κ3) is 7.77. The van der Waals surface area contributed by atoms with Crippen molar-refractivity contribution in [2.75, 3.05) is 38.3 Å². The molecule has 6 heterocycles. The van der Waals surface area contributed by atoms with Gasteiger partial charge in [0.2, 0.25) is 0 Å². The maximum absolute atomic E-state index is 17.0. The van der Waals surface area contributed by atoms with Crippen LogP contribution in [0.2, 0.25) is 0 Å². The standard InChI is InChI=1S/C34H36F2N6O2.C3H5F3O.C2H6.CH4/c1-3-24-26-9-8-25-28-31(29(36)30(38-25)22-17-21(43)16-20-6-7-23(35)19(2)27(20)22)39-33(40-32(28)42(26)15-12-37-24)44-18-34-10-4-13-41(34)14-5-11-34;1-7-2-3(4,5)6;1-2;/h6-7,12,15-17,24,26,37,43H,3-5,8-11,13-14,18H2,1-2H3;2H2,1H3;1-2H3;1H4/t24-,26+;;;/m0.../s1. The average Bonchev–Trinajstić information content (AvgIpc) is 3.68. The SMILES string of the molecule is C.CC.CC[C@@H]1NC=CN2c3nc(OCC45CCCN4CCC5)nc4c(F)c(-c5cc(O)cc6ccc(F)c(C)c56)nc(c34)CC[C@H]12.COCC(F)(F)F. The van der Waals surface area contributed by atoms with Crippen molar-refractivity contribution in [2.24, 2.45) is 0 Å². The Bertz CT molecular complexity index is 1980. The van der Waals surface area contributed by atoms with Crippen molar-refractivity contribution in [3.8, 4) is 23.0 Å². The van der Waals surface area contributed by atoms with Crippen LogP contribution in [0, 0.1) is 18.6 Å². The first-order valence-electron chi connectivity index (χ1n) is 18.4. The second-order valence-corrected chi connectivity index (χ2v) is 13.8. The molecule has 2 aromatic carbocycles. The Morgan fingerprint density at radius 3 is 2.41 bits per heavy atom. The quantitative estimate of drug-likeness (QED) is 0.187. The highest BCUT2D eigenvalue weighted by atomic mass is 19.4. The summed E-state index contributed by atoms with van der Waals surface area (Å²) >= 11 is 0. The lowest BCUT2D eigenvalue weighted by atomic mass is 9.95. The zero-order valence-electron chi connectivity index (χ0n) is 30.8. The Morgan fingerprint density at radius 2 is 1.76 bits per heavy atom. The van der Waals surface area contributed by atoms with E-state index in [0.29, 0.717) is 51.8 Å². The van der Waals surface area contributed by atoms with Gasteiger partial charge < -0.3 is 24.8 Å². The van der Waals surface area contributed by atoms with Crippen LogP contribution in [-0.2, 0) is 11.2 Å². The van der Waals surface area contributed by atoms with Crippen molar-refractivity contribution in [2.45, 2.75) is 104 Å². The molecule has 4 aliphatic rings. The molecule has 0 unspecified atom stereocenters. The molecule has 0 amide bonds. The number of alkyl halides is 3. The number of ether oxygens (including phenoxy) is 2.